The van der Waals surface area contributed by atoms with Crippen molar-refractivity contribution >= 4 is 12.2 Å². The maximum absolute atomic E-state index is 10.1. The van der Waals surface area contributed by atoms with Crippen LogP contribution in [0.15, 0.2) is 5.16 Å². The number of oxime groups is 1. The minimum Gasteiger partial charge on any atom is -0.481 e. The third-order valence-electron chi connectivity index (χ3n) is 2.15. The molecule has 0 aliphatic heterocycles. The molecule has 0 atom stereocenters. The maximum Gasteiger partial charge on any atom is 0.306 e. The lowest BCUT2D eigenvalue weighted by molar-refractivity contribution is -0.138. The number of hydrogen-bond acceptors (Lipinski definition) is 3. The van der Waals surface area contributed by atoms with Crippen LogP contribution in [0, 0.1) is 5.92 Å². The topological polar surface area (TPSA) is 58.9 Å². The number of rotatable bonds is 5. The number of nitrogens with zero attached hydrogens (tertiary/aromatic N) is 1. The van der Waals surface area contributed by atoms with E-state index in [1.54, 1.807) is 6.21 Å². The van der Waals surface area contributed by atoms with Gasteiger partial charge >= 0.3 is 5.97 Å². The molecule has 74 valence electrons. The Morgan fingerprint density at radius 3 is 2.85 bits per heavy atom. The molecular weight excluding hydrogens is 170 g/mol. The molecule has 0 heterocycles. The molecule has 1 rings (SSSR count). The van der Waals surface area contributed by atoms with Crippen LogP contribution in [0.25, 0.3) is 0 Å². The molecular formula is C9H15NO3. The average Bonchev–Trinajstić information content (AvgIpc) is 2.55. The Morgan fingerprint density at radius 2 is 2.23 bits per heavy atom. The summed E-state index contributed by atoms with van der Waals surface area (Å²) < 4.78 is 0. The molecule has 4 nitrogen and oxygen atoms in total. The van der Waals surface area contributed by atoms with Gasteiger partial charge in [0.2, 0.25) is 0 Å². The SMILES string of the molecule is O=C(O)CCO/N=C/C1CCCC1. The monoisotopic (exact) mass is 185 g/mol. The van der Waals surface area contributed by atoms with E-state index in [0.717, 1.165) is 0 Å². The maximum atomic E-state index is 10.1. The van der Waals surface area contributed by atoms with E-state index in [0.29, 0.717) is 5.92 Å². The van der Waals surface area contributed by atoms with Crippen molar-refractivity contribution in [2.24, 2.45) is 11.1 Å². The van der Waals surface area contributed by atoms with Gasteiger partial charge in [-0.05, 0) is 18.8 Å². The van der Waals surface area contributed by atoms with Gasteiger partial charge < -0.3 is 9.94 Å². The molecule has 13 heavy (non-hydrogen) atoms. The van der Waals surface area contributed by atoms with E-state index in [-0.39, 0.29) is 13.0 Å². The Kier molecular flexibility index (Phi) is 4.29. The van der Waals surface area contributed by atoms with Gasteiger partial charge in [0, 0.05) is 6.21 Å². The zero-order valence-corrected chi connectivity index (χ0v) is 7.61. The predicted octanol–water partition coefficient (Wildman–Crippen LogP) is 1.65. The highest BCUT2D eigenvalue weighted by atomic mass is 16.6. The molecule has 1 aliphatic rings. The second kappa shape index (κ2) is 5.56. The van der Waals surface area contributed by atoms with Crippen LogP contribution in [-0.4, -0.2) is 23.9 Å². The fourth-order valence-corrected chi connectivity index (χ4v) is 1.42. The fraction of sp³-hybridized carbons (Fsp3) is 0.778. The van der Waals surface area contributed by atoms with Crippen molar-refractivity contribution in [2.75, 3.05) is 6.61 Å². The molecule has 1 fully saturated rings. The number of carboxylic acid groups (broad SMARTS) is 1. The lowest BCUT2D eigenvalue weighted by atomic mass is 10.1. The van der Waals surface area contributed by atoms with Crippen molar-refractivity contribution in [1.82, 2.24) is 0 Å². The van der Waals surface area contributed by atoms with Crippen molar-refractivity contribution in [1.29, 1.82) is 0 Å². The standard InChI is InChI=1S/C9H15NO3/c11-9(12)5-6-13-10-7-8-3-1-2-4-8/h7-8H,1-6H2,(H,11,12)/b10-7+. The molecule has 1 aliphatic carbocycles. The molecule has 1 N–H and O–H groups in total. The predicted molar refractivity (Wildman–Crippen MR) is 48.7 cm³/mol. The highest BCUT2D eigenvalue weighted by Crippen LogP contribution is 2.22. The summed E-state index contributed by atoms with van der Waals surface area (Å²) in [6.07, 6.45) is 6.73. The number of hydrogen-bond donors (Lipinski definition) is 1. The second-order valence-electron chi connectivity index (χ2n) is 3.28. The summed E-state index contributed by atoms with van der Waals surface area (Å²) in [4.78, 5) is 14.9. The van der Waals surface area contributed by atoms with E-state index < -0.39 is 5.97 Å². The lowest BCUT2D eigenvalue weighted by Gasteiger charge is -1.99. The van der Waals surface area contributed by atoms with E-state index in [1.807, 2.05) is 0 Å². The Morgan fingerprint density at radius 1 is 1.54 bits per heavy atom. The van der Waals surface area contributed by atoms with E-state index >= 15 is 0 Å². The highest BCUT2D eigenvalue weighted by molar-refractivity contribution is 5.66. The van der Waals surface area contributed by atoms with Crippen LogP contribution in [0.5, 0.6) is 0 Å². The van der Waals surface area contributed by atoms with E-state index in [1.165, 1.54) is 25.7 Å². The van der Waals surface area contributed by atoms with Gasteiger partial charge in [0.1, 0.15) is 6.61 Å². The van der Waals surface area contributed by atoms with Gasteiger partial charge in [-0.25, -0.2) is 0 Å². The summed E-state index contributed by atoms with van der Waals surface area (Å²) >= 11 is 0. The summed E-state index contributed by atoms with van der Waals surface area (Å²) in [6.45, 7) is 0.165. The zero-order chi connectivity index (χ0) is 9.52. The van der Waals surface area contributed by atoms with Crippen LogP contribution >= 0.6 is 0 Å². The smallest absolute Gasteiger partial charge is 0.306 e. The normalized spacial score (nSPS) is 18.2. The first kappa shape index (κ1) is 10.0. The Hall–Kier alpha value is -1.06. The van der Waals surface area contributed by atoms with Gasteiger partial charge in [0.15, 0.2) is 0 Å². The summed E-state index contributed by atoms with van der Waals surface area (Å²) in [6, 6.07) is 0. The van der Waals surface area contributed by atoms with E-state index in [2.05, 4.69) is 5.16 Å². The van der Waals surface area contributed by atoms with Crippen molar-refractivity contribution in [3.8, 4) is 0 Å². The first-order valence-corrected chi connectivity index (χ1v) is 4.66. The van der Waals surface area contributed by atoms with Gasteiger partial charge in [0.05, 0.1) is 6.42 Å². The van der Waals surface area contributed by atoms with Crippen LogP contribution in [-0.2, 0) is 9.63 Å². The van der Waals surface area contributed by atoms with Gasteiger partial charge in [-0.1, -0.05) is 18.0 Å². The molecule has 0 aromatic heterocycles. The third kappa shape index (κ3) is 4.50. The number of aliphatic carboxylic acids is 1. The summed E-state index contributed by atoms with van der Waals surface area (Å²) in [5.74, 6) is -0.305. The quantitative estimate of drug-likeness (QED) is 0.402. The van der Waals surface area contributed by atoms with Crippen LogP contribution in [0.1, 0.15) is 32.1 Å². The number of carbonyl (C=O) groups is 1. The van der Waals surface area contributed by atoms with Gasteiger partial charge in [-0.2, -0.15) is 0 Å². The average molecular weight is 185 g/mol. The van der Waals surface area contributed by atoms with E-state index in [4.69, 9.17) is 9.94 Å². The van der Waals surface area contributed by atoms with E-state index in [9.17, 15) is 4.79 Å². The number of carboxylic acids is 1. The minimum atomic E-state index is -0.851. The van der Waals surface area contributed by atoms with Crippen molar-refractivity contribution < 1.29 is 14.7 Å². The summed E-state index contributed by atoms with van der Waals surface area (Å²) in [5, 5.41) is 12.0. The van der Waals surface area contributed by atoms with Crippen LogP contribution in [0.3, 0.4) is 0 Å². The Balaban J connectivity index is 2.00. The molecule has 0 aromatic rings. The van der Waals surface area contributed by atoms with Crippen molar-refractivity contribution in [3.63, 3.8) is 0 Å². The molecule has 1 saturated carbocycles. The van der Waals surface area contributed by atoms with Crippen LogP contribution in [0.4, 0.5) is 0 Å². The van der Waals surface area contributed by atoms with Gasteiger partial charge in [-0.3, -0.25) is 4.79 Å². The molecule has 0 saturated heterocycles. The van der Waals surface area contributed by atoms with Crippen LogP contribution < -0.4 is 0 Å². The van der Waals surface area contributed by atoms with Crippen molar-refractivity contribution in [3.05, 3.63) is 0 Å². The Bertz CT molecular complexity index is 185. The van der Waals surface area contributed by atoms with Crippen LogP contribution in [0.2, 0.25) is 0 Å². The fourth-order valence-electron chi connectivity index (χ4n) is 1.42. The molecule has 0 aromatic carbocycles. The summed E-state index contributed by atoms with van der Waals surface area (Å²) in [7, 11) is 0. The largest absolute Gasteiger partial charge is 0.481 e. The minimum absolute atomic E-state index is 0.0159. The highest BCUT2D eigenvalue weighted by Gasteiger charge is 2.12. The first-order valence-electron chi connectivity index (χ1n) is 4.66. The van der Waals surface area contributed by atoms with Gasteiger partial charge in [-0.15, -0.1) is 0 Å². The zero-order valence-electron chi connectivity index (χ0n) is 7.61. The third-order valence-corrected chi connectivity index (χ3v) is 2.15. The molecule has 0 spiro atoms. The second-order valence-corrected chi connectivity index (χ2v) is 3.28. The lowest BCUT2D eigenvalue weighted by Crippen LogP contribution is -2.01. The molecule has 0 radical (unpaired) electrons. The van der Waals surface area contributed by atoms with Gasteiger partial charge in [0.25, 0.3) is 0 Å². The molecule has 0 amide bonds. The Labute approximate surface area is 77.6 Å². The molecule has 0 bridgehead atoms. The summed E-state index contributed by atoms with van der Waals surface area (Å²) in [5.41, 5.74) is 0. The molecule has 0 unspecified atom stereocenters. The molecule has 4 heteroatoms. The van der Waals surface area contributed by atoms with Crippen molar-refractivity contribution in [2.45, 2.75) is 32.1 Å². The first-order chi connectivity index (χ1) is 6.29.